The molecule has 0 aliphatic heterocycles. The molecule has 0 aliphatic rings. The molecular weight excluding hydrogens is 396 g/mol. The van der Waals surface area contributed by atoms with Gasteiger partial charge in [0.15, 0.2) is 10.8 Å². The van der Waals surface area contributed by atoms with Gasteiger partial charge in [0.05, 0.1) is 11.1 Å². The number of hydrogen-bond acceptors (Lipinski definition) is 5. The standard InChI is InChI=1S/C19H23ClN6OS/c1-5-11(3)22-15(27)9-28-19-23-18-16(12(4)24-25-18)17(21)26(19)13-6-7-14(20)10(2)8-13/h6-8,11,21H,5,9H2,1-4H3,(H,22,27)(H,24,25). The van der Waals surface area contributed by atoms with Gasteiger partial charge in [-0.15, -0.1) is 0 Å². The Bertz CT molecular complexity index is 1090. The molecule has 1 amide bonds. The average molecular weight is 419 g/mol. The van der Waals surface area contributed by atoms with Crippen LogP contribution in [-0.4, -0.2) is 37.5 Å². The van der Waals surface area contributed by atoms with Crippen molar-refractivity contribution >= 4 is 40.3 Å². The van der Waals surface area contributed by atoms with Gasteiger partial charge in [0.25, 0.3) is 0 Å². The highest BCUT2D eigenvalue weighted by atomic mass is 35.5. The maximum absolute atomic E-state index is 12.2. The van der Waals surface area contributed by atoms with E-state index in [1.807, 2.05) is 39.8 Å². The van der Waals surface area contributed by atoms with Crippen molar-refractivity contribution in [3.63, 3.8) is 0 Å². The number of aromatic amines is 1. The number of carbonyl (C=O) groups is 1. The molecule has 7 nitrogen and oxygen atoms in total. The third-order valence-electron chi connectivity index (χ3n) is 4.53. The van der Waals surface area contributed by atoms with Gasteiger partial charge in [0.2, 0.25) is 5.91 Å². The van der Waals surface area contributed by atoms with Crippen molar-refractivity contribution in [2.45, 2.75) is 45.3 Å². The predicted molar refractivity (Wildman–Crippen MR) is 112 cm³/mol. The first-order valence-electron chi connectivity index (χ1n) is 9.02. The number of rotatable bonds is 6. The number of benzene rings is 1. The van der Waals surface area contributed by atoms with Crippen molar-refractivity contribution in [3.8, 4) is 5.69 Å². The predicted octanol–water partition coefficient (Wildman–Crippen LogP) is 3.51. The molecule has 9 heteroatoms. The molecule has 2 heterocycles. The number of aromatic nitrogens is 4. The molecule has 0 saturated carbocycles. The summed E-state index contributed by atoms with van der Waals surface area (Å²) in [5.41, 5.74) is 3.18. The van der Waals surface area contributed by atoms with E-state index in [1.54, 1.807) is 10.6 Å². The van der Waals surface area contributed by atoms with Gasteiger partial charge >= 0.3 is 0 Å². The molecule has 148 valence electrons. The Kier molecular flexibility index (Phi) is 6.10. The molecule has 0 radical (unpaired) electrons. The number of amides is 1. The van der Waals surface area contributed by atoms with E-state index in [2.05, 4.69) is 20.5 Å². The summed E-state index contributed by atoms with van der Waals surface area (Å²) in [5, 5.41) is 20.6. The summed E-state index contributed by atoms with van der Waals surface area (Å²) >= 11 is 7.45. The van der Waals surface area contributed by atoms with Crippen LogP contribution in [0.2, 0.25) is 5.02 Å². The summed E-state index contributed by atoms with van der Waals surface area (Å²) in [6, 6.07) is 5.68. The second kappa shape index (κ2) is 8.36. The molecule has 28 heavy (non-hydrogen) atoms. The zero-order valence-electron chi connectivity index (χ0n) is 16.3. The number of hydrogen-bond donors (Lipinski definition) is 3. The van der Waals surface area contributed by atoms with Gasteiger partial charge in [0.1, 0.15) is 5.49 Å². The normalized spacial score (nSPS) is 12.3. The first-order valence-corrected chi connectivity index (χ1v) is 10.4. The van der Waals surface area contributed by atoms with Crippen LogP contribution in [0.25, 0.3) is 16.7 Å². The molecular formula is C19H23ClN6OS. The summed E-state index contributed by atoms with van der Waals surface area (Å²) in [6.07, 6.45) is 0.869. The van der Waals surface area contributed by atoms with Crippen molar-refractivity contribution in [2.24, 2.45) is 0 Å². The fraction of sp³-hybridized carbons (Fsp3) is 0.368. The summed E-state index contributed by atoms with van der Waals surface area (Å²) in [5.74, 6) is 0.142. The van der Waals surface area contributed by atoms with Crippen LogP contribution in [0.5, 0.6) is 0 Å². The van der Waals surface area contributed by atoms with E-state index < -0.39 is 0 Å². The first-order chi connectivity index (χ1) is 13.3. The van der Waals surface area contributed by atoms with E-state index in [0.717, 1.165) is 23.4 Å². The third-order valence-corrected chi connectivity index (χ3v) is 5.90. The Morgan fingerprint density at radius 2 is 2.18 bits per heavy atom. The highest BCUT2D eigenvalue weighted by Crippen LogP contribution is 2.24. The van der Waals surface area contributed by atoms with Crippen LogP contribution in [0.3, 0.4) is 0 Å². The summed E-state index contributed by atoms with van der Waals surface area (Å²) in [6.45, 7) is 7.77. The lowest BCUT2D eigenvalue weighted by Gasteiger charge is -2.15. The molecule has 0 spiro atoms. The van der Waals surface area contributed by atoms with Crippen LogP contribution in [0.1, 0.15) is 31.5 Å². The Balaban J connectivity index is 2.06. The second-order valence-corrected chi connectivity index (χ2v) is 8.07. The van der Waals surface area contributed by atoms with Gasteiger partial charge in [-0.1, -0.05) is 30.3 Å². The molecule has 2 aromatic heterocycles. The molecule has 0 aliphatic carbocycles. The zero-order valence-corrected chi connectivity index (χ0v) is 17.8. The van der Waals surface area contributed by atoms with E-state index in [4.69, 9.17) is 17.0 Å². The maximum atomic E-state index is 12.2. The van der Waals surface area contributed by atoms with Gasteiger partial charge < -0.3 is 5.32 Å². The van der Waals surface area contributed by atoms with Crippen LogP contribution < -0.4 is 10.8 Å². The molecule has 3 rings (SSSR count). The Hall–Kier alpha value is -2.32. The van der Waals surface area contributed by atoms with Crippen LogP contribution in [-0.2, 0) is 4.79 Å². The third kappa shape index (κ3) is 4.07. The van der Waals surface area contributed by atoms with Crippen LogP contribution in [0.15, 0.2) is 23.4 Å². The van der Waals surface area contributed by atoms with Crippen LogP contribution >= 0.6 is 23.4 Å². The van der Waals surface area contributed by atoms with E-state index in [-0.39, 0.29) is 23.2 Å². The van der Waals surface area contributed by atoms with Gasteiger partial charge in [-0.3, -0.25) is 19.9 Å². The van der Waals surface area contributed by atoms with Gasteiger partial charge in [-0.25, -0.2) is 4.98 Å². The van der Waals surface area contributed by atoms with Crippen molar-refractivity contribution < 1.29 is 4.79 Å². The topological polar surface area (TPSA) is 99.5 Å². The molecule has 0 bridgehead atoms. The monoisotopic (exact) mass is 418 g/mol. The summed E-state index contributed by atoms with van der Waals surface area (Å²) in [7, 11) is 0. The number of H-pyrrole nitrogens is 1. The maximum Gasteiger partial charge on any atom is 0.230 e. The minimum absolute atomic E-state index is 0.0650. The summed E-state index contributed by atoms with van der Waals surface area (Å²) in [4.78, 5) is 16.8. The molecule has 0 saturated heterocycles. The molecule has 1 unspecified atom stereocenters. The molecule has 1 atom stereocenters. The molecule has 0 fully saturated rings. The SMILES string of the molecule is CCC(C)NC(=O)CSc1nc2n[nH]c(C)c2c(=N)n1-c1ccc(Cl)c(C)c1. The van der Waals surface area contributed by atoms with E-state index in [0.29, 0.717) is 21.2 Å². The van der Waals surface area contributed by atoms with E-state index in [9.17, 15) is 4.79 Å². The fourth-order valence-electron chi connectivity index (χ4n) is 2.78. The first kappa shape index (κ1) is 20.4. The van der Waals surface area contributed by atoms with Gasteiger partial charge in [-0.05, 0) is 51.0 Å². The van der Waals surface area contributed by atoms with Gasteiger partial charge in [-0.2, -0.15) is 5.10 Å². The van der Waals surface area contributed by atoms with Crippen molar-refractivity contribution in [2.75, 3.05) is 5.75 Å². The number of fused-ring (bicyclic) bond motifs is 1. The van der Waals surface area contributed by atoms with E-state index in [1.165, 1.54) is 11.8 Å². The van der Waals surface area contributed by atoms with Crippen molar-refractivity contribution in [1.82, 2.24) is 25.1 Å². The molecule has 1 aromatic carbocycles. The largest absolute Gasteiger partial charge is 0.353 e. The number of thioether (sulfide) groups is 1. The van der Waals surface area contributed by atoms with Crippen molar-refractivity contribution in [3.05, 3.63) is 40.0 Å². The Morgan fingerprint density at radius 1 is 1.43 bits per heavy atom. The van der Waals surface area contributed by atoms with E-state index >= 15 is 0 Å². The minimum atomic E-state index is -0.0650. The smallest absolute Gasteiger partial charge is 0.230 e. The zero-order chi connectivity index (χ0) is 20.4. The Morgan fingerprint density at radius 3 is 2.86 bits per heavy atom. The lowest BCUT2D eigenvalue weighted by atomic mass is 10.2. The quantitative estimate of drug-likeness (QED) is 0.421. The number of aryl methyl sites for hydroxylation is 2. The lowest BCUT2D eigenvalue weighted by molar-refractivity contribution is -0.119. The van der Waals surface area contributed by atoms with Crippen LogP contribution in [0, 0.1) is 19.3 Å². The minimum Gasteiger partial charge on any atom is -0.353 e. The second-order valence-electron chi connectivity index (χ2n) is 6.72. The fourth-order valence-corrected chi connectivity index (χ4v) is 3.72. The molecule has 3 aromatic rings. The number of halogens is 1. The highest BCUT2D eigenvalue weighted by Gasteiger charge is 2.17. The number of nitrogens with zero attached hydrogens (tertiary/aromatic N) is 3. The summed E-state index contributed by atoms with van der Waals surface area (Å²) < 4.78 is 1.73. The average Bonchev–Trinajstić information content (AvgIpc) is 3.03. The van der Waals surface area contributed by atoms with Crippen LogP contribution in [0.4, 0.5) is 0 Å². The van der Waals surface area contributed by atoms with Crippen molar-refractivity contribution in [1.29, 1.82) is 5.41 Å². The number of nitrogens with one attached hydrogen (secondary N) is 3. The molecule has 3 N–H and O–H groups in total. The highest BCUT2D eigenvalue weighted by molar-refractivity contribution is 7.99. The number of carbonyl (C=O) groups excluding carboxylic acids is 1. The van der Waals surface area contributed by atoms with Gasteiger partial charge in [0, 0.05) is 22.4 Å². The Labute approximate surface area is 172 Å². The lowest BCUT2D eigenvalue weighted by Crippen LogP contribution is -2.33.